The monoisotopic (exact) mass is 379 g/mol. The predicted octanol–water partition coefficient (Wildman–Crippen LogP) is 1.84. The van der Waals surface area contributed by atoms with Crippen molar-refractivity contribution < 1.29 is 13.2 Å². The summed E-state index contributed by atoms with van der Waals surface area (Å²) in [5.41, 5.74) is 0.494. The van der Waals surface area contributed by atoms with Crippen LogP contribution in [0.25, 0.3) is 0 Å². The van der Waals surface area contributed by atoms with Crippen LogP contribution in [-0.2, 0) is 10.0 Å². The van der Waals surface area contributed by atoms with Crippen molar-refractivity contribution >= 4 is 15.9 Å². The summed E-state index contributed by atoms with van der Waals surface area (Å²) in [5.74, 6) is 0.854. The molecular formula is C19H29N3O3S. The number of hydrogen-bond acceptors (Lipinski definition) is 4. The van der Waals surface area contributed by atoms with Crippen molar-refractivity contribution in [3.63, 3.8) is 0 Å². The third-order valence-electron chi connectivity index (χ3n) is 5.64. The van der Waals surface area contributed by atoms with E-state index < -0.39 is 10.0 Å². The molecule has 3 rings (SSSR count). The van der Waals surface area contributed by atoms with Crippen LogP contribution in [0.15, 0.2) is 29.2 Å². The van der Waals surface area contributed by atoms with E-state index in [9.17, 15) is 13.2 Å². The zero-order valence-electron chi connectivity index (χ0n) is 15.6. The molecule has 26 heavy (non-hydrogen) atoms. The number of amides is 1. The molecule has 0 spiro atoms. The van der Waals surface area contributed by atoms with Crippen LogP contribution in [0.5, 0.6) is 0 Å². The Bertz CT molecular complexity index is 725. The van der Waals surface area contributed by atoms with Crippen molar-refractivity contribution in [3.8, 4) is 0 Å². The Morgan fingerprint density at radius 3 is 2.38 bits per heavy atom. The van der Waals surface area contributed by atoms with Gasteiger partial charge in [0.25, 0.3) is 5.91 Å². The Morgan fingerprint density at radius 1 is 1.12 bits per heavy atom. The van der Waals surface area contributed by atoms with Gasteiger partial charge < -0.3 is 10.6 Å². The summed E-state index contributed by atoms with van der Waals surface area (Å²) in [6.45, 7) is 7.18. The van der Waals surface area contributed by atoms with Crippen LogP contribution in [-0.4, -0.2) is 50.9 Å². The predicted molar refractivity (Wildman–Crippen MR) is 102 cm³/mol. The zero-order valence-corrected chi connectivity index (χ0v) is 16.4. The number of rotatable bonds is 4. The lowest BCUT2D eigenvalue weighted by molar-refractivity contribution is 0.0915. The molecule has 1 amide bonds. The number of benzene rings is 1. The molecule has 2 N–H and O–H groups in total. The second-order valence-corrected chi connectivity index (χ2v) is 9.60. The molecule has 2 heterocycles. The van der Waals surface area contributed by atoms with Crippen molar-refractivity contribution in [3.05, 3.63) is 29.8 Å². The molecule has 2 aliphatic rings. The van der Waals surface area contributed by atoms with Gasteiger partial charge in [-0.1, -0.05) is 13.8 Å². The number of sulfonamides is 1. The van der Waals surface area contributed by atoms with Gasteiger partial charge in [-0.15, -0.1) is 0 Å². The smallest absolute Gasteiger partial charge is 0.251 e. The molecule has 144 valence electrons. The van der Waals surface area contributed by atoms with Crippen LogP contribution in [0.1, 0.15) is 43.5 Å². The van der Waals surface area contributed by atoms with Gasteiger partial charge in [-0.25, -0.2) is 8.42 Å². The minimum atomic E-state index is -3.47. The largest absolute Gasteiger partial charge is 0.348 e. The van der Waals surface area contributed by atoms with Gasteiger partial charge in [-0.05, 0) is 61.9 Å². The van der Waals surface area contributed by atoms with E-state index >= 15 is 0 Å². The quantitative estimate of drug-likeness (QED) is 0.837. The van der Waals surface area contributed by atoms with Crippen molar-refractivity contribution in [2.75, 3.05) is 26.2 Å². The fourth-order valence-electron chi connectivity index (χ4n) is 3.59. The Morgan fingerprint density at radius 2 is 1.77 bits per heavy atom. The highest BCUT2D eigenvalue weighted by Gasteiger charge is 2.28. The first-order chi connectivity index (χ1) is 12.4. The first kappa shape index (κ1) is 19.3. The van der Waals surface area contributed by atoms with Crippen molar-refractivity contribution in [1.82, 2.24) is 14.9 Å². The van der Waals surface area contributed by atoms with E-state index in [0.29, 0.717) is 30.5 Å². The number of carbonyl (C=O) groups is 1. The normalized spacial score (nSPS) is 25.8. The van der Waals surface area contributed by atoms with E-state index in [1.54, 1.807) is 28.6 Å². The first-order valence-corrected chi connectivity index (χ1v) is 10.9. The first-order valence-electron chi connectivity index (χ1n) is 9.49. The Hall–Kier alpha value is -1.44. The van der Waals surface area contributed by atoms with Gasteiger partial charge >= 0.3 is 0 Å². The highest BCUT2D eigenvalue weighted by atomic mass is 32.2. The number of piperidine rings is 2. The Balaban J connectivity index is 1.66. The zero-order chi connectivity index (χ0) is 18.7. The maximum Gasteiger partial charge on any atom is 0.251 e. The highest BCUT2D eigenvalue weighted by Crippen LogP contribution is 2.23. The third-order valence-corrected chi connectivity index (χ3v) is 7.55. The molecular weight excluding hydrogens is 350 g/mol. The molecule has 0 aromatic heterocycles. The highest BCUT2D eigenvalue weighted by molar-refractivity contribution is 7.89. The molecule has 2 saturated heterocycles. The van der Waals surface area contributed by atoms with Gasteiger partial charge in [-0.3, -0.25) is 4.79 Å². The fraction of sp³-hybridized carbons (Fsp3) is 0.632. The minimum Gasteiger partial charge on any atom is -0.348 e. The average Bonchev–Trinajstić information content (AvgIpc) is 2.64. The second kappa shape index (κ2) is 8.06. The molecule has 0 bridgehead atoms. The lowest BCUT2D eigenvalue weighted by Crippen LogP contribution is -2.50. The molecule has 1 aromatic rings. The van der Waals surface area contributed by atoms with Crippen LogP contribution in [0.4, 0.5) is 0 Å². The van der Waals surface area contributed by atoms with E-state index in [0.717, 1.165) is 32.4 Å². The molecule has 2 unspecified atom stereocenters. The lowest BCUT2D eigenvalue weighted by Gasteiger charge is -2.30. The number of carbonyl (C=O) groups excluding carboxylic acids is 1. The summed E-state index contributed by atoms with van der Waals surface area (Å²) < 4.78 is 27.1. The lowest BCUT2D eigenvalue weighted by atomic mass is 9.94. The van der Waals surface area contributed by atoms with E-state index in [2.05, 4.69) is 24.5 Å². The summed E-state index contributed by atoms with van der Waals surface area (Å²) in [6, 6.07) is 6.41. The van der Waals surface area contributed by atoms with E-state index in [4.69, 9.17) is 0 Å². The van der Waals surface area contributed by atoms with E-state index in [1.807, 2.05) is 0 Å². The van der Waals surface area contributed by atoms with Gasteiger partial charge in [0.1, 0.15) is 0 Å². The van der Waals surface area contributed by atoms with Gasteiger partial charge in [0.05, 0.1) is 4.90 Å². The molecule has 2 fully saturated rings. The SMILES string of the molecule is CC1CCN(S(=O)(=O)c2ccc(C(=O)NC3CNCCC3C)cc2)CC1. The minimum absolute atomic E-state index is 0.106. The van der Waals surface area contributed by atoms with E-state index in [-0.39, 0.29) is 16.8 Å². The molecule has 1 aromatic carbocycles. The summed E-state index contributed by atoms with van der Waals surface area (Å²) >= 11 is 0. The average molecular weight is 380 g/mol. The van der Waals surface area contributed by atoms with Gasteiger partial charge in [0.15, 0.2) is 0 Å². The summed E-state index contributed by atoms with van der Waals surface area (Å²) in [6.07, 6.45) is 2.83. The second-order valence-electron chi connectivity index (χ2n) is 7.66. The molecule has 0 saturated carbocycles. The standard InChI is InChI=1S/C19H29N3O3S/c1-14-8-11-22(12-9-14)26(24,25)17-5-3-16(4-6-17)19(23)21-18-13-20-10-7-15(18)2/h3-6,14-15,18,20H,7-13H2,1-2H3,(H,21,23). The molecule has 2 aliphatic heterocycles. The molecule has 0 aliphatic carbocycles. The van der Waals surface area contributed by atoms with Gasteiger partial charge in [0.2, 0.25) is 10.0 Å². The van der Waals surface area contributed by atoms with Crippen LogP contribution in [0.3, 0.4) is 0 Å². The van der Waals surface area contributed by atoms with Crippen LogP contribution < -0.4 is 10.6 Å². The third kappa shape index (κ3) is 4.27. The topological polar surface area (TPSA) is 78.5 Å². The molecule has 7 heteroatoms. The van der Waals surface area contributed by atoms with E-state index in [1.165, 1.54) is 0 Å². The van der Waals surface area contributed by atoms with Crippen LogP contribution in [0, 0.1) is 11.8 Å². The van der Waals surface area contributed by atoms with Crippen LogP contribution in [0.2, 0.25) is 0 Å². The molecule has 2 atom stereocenters. The summed E-state index contributed by atoms with van der Waals surface area (Å²) in [7, 11) is -3.47. The van der Waals surface area contributed by atoms with Crippen LogP contribution >= 0.6 is 0 Å². The number of hydrogen-bond donors (Lipinski definition) is 2. The summed E-state index contributed by atoms with van der Waals surface area (Å²) in [4.78, 5) is 12.7. The Labute approximate surface area is 156 Å². The van der Waals surface area contributed by atoms with Crippen molar-refractivity contribution in [1.29, 1.82) is 0 Å². The number of nitrogens with zero attached hydrogens (tertiary/aromatic N) is 1. The molecule has 6 nitrogen and oxygen atoms in total. The maximum absolute atomic E-state index is 12.8. The van der Waals surface area contributed by atoms with Crippen molar-refractivity contribution in [2.45, 2.75) is 44.0 Å². The van der Waals surface area contributed by atoms with Gasteiger partial charge in [-0.2, -0.15) is 4.31 Å². The summed E-state index contributed by atoms with van der Waals surface area (Å²) in [5, 5.41) is 6.34. The number of nitrogens with one attached hydrogen (secondary N) is 2. The Kier molecular flexibility index (Phi) is 5.99. The van der Waals surface area contributed by atoms with Gasteiger partial charge in [0, 0.05) is 31.2 Å². The molecule has 0 radical (unpaired) electrons. The maximum atomic E-state index is 12.8. The fourth-order valence-corrected chi connectivity index (χ4v) is 5.06. The van der Waals surface area contributed by atoms with Crippen molar-refractivity contribution in [2.24, 2.45) is 11.8 Å².